The van der Waals surface area contributed by atoms with Crippen molar-refractivity contribution >= 4 is 16.6 Å². The number of methoxy groups -OCH3 is 2. The van der Waals surface area contributed by atoms with Gasteiger partial charge in [-0.3, -0.25) is 0 Å². The number of aliphatic hydroxyl groups is 1. The summed E-state index contributed by atoms with van der Waals surface area (Å²) in [4.78, 5) is 4.29. The van der Waals surface area contributed by atoms with Crippen LogP contribution < -0.4 is 14.8 Å². The molecule has 6 nitrogen and oxygen atoms in total. The Bertz CT molecular complexity index is 966. The molecule has 1 atom stereocenters. The molecule has 3 aromatic rings. The van der Waals surface area contributed by atoms with Crippen LogP contribution >= 0.6 is 0 Å². The van der Waals surface area contributed by atoms with Crippen LogP contribution in [0.4, 0.5) is 5.69 Å². The van der Waals surface area contributed by atoms with Crippen LogP contribution in [-0.4, -0.2) is 30.9 Å². The fourth-order valence-corrected chi connectivity index (χ4v) is 2.80. The molecular formula is C20H19N3O3. The van der Waals surface area contributed by atoms with Gasteiger partial charge in [0.25, 0.3) is 0 Å². The summed E-state index contributed by atoms with van der Waals surface area (Å²) in [6.45, 7) is 0.238. The molecule has 0 saturated carbocycles. The second-order valence-corrected chi connectivity index (χ2v) is 5.69. The Morgan fingerprint density at radius 1 is 1.15 bits per heavy atom. The molecule has 26 heavy (non-hydrogen) atoms. The van der Waals surface area contributed by atoms with Gasteiger partial charge in [-0.05, 0) is 30.3 Å². The van der Waals surface area contributed by atoms with Crippen molar-refractivity contribution in [2.24, 2.45) is 0 Å². The van der Waals surface area contributed by atoms with Crippen molar-refractivity contribution < 1.29 is 14.6 Å². The number of hydrogen-bond acceptors (Lipinski definition) is 6. The van der Waals surface area contributed by atoms with Crippen LogP contribution in [0.25, 0.3) is 10.9 Å². The van der Waals surface area contributed by atoms with Crippen LogP contribution in [0.2, 0.25) is 0 Å². The second-order valence-electron chi connectivity index (χ2n) is 5.69. The van der Waals surface area contributed by atoms with E-state index in [1.807, 2.05) is 24.3 Å². The lowest BCUT2D eigenvalue weighted by Gasteiger charge is -2.18. The lowest BCUT2D eigenvalue weighted by Crippen LogP contribution is -2.13. The number of ether oxygens (including phenoxy) is 2. The zero-order valence-electron chi connectivity index (χ0n) is 14.6. The number of hydrogen-bond donors (Lipinski definition) is 2. The smallest absolute Gasteiger partial charge is 0.143 e. The molecule has 0 amide bonds. The first-order valence-corrected chi connectivity index (χ1v) is 8.10. The van der Waals surface area contributed by atoms with Crippen LogP contribution in [0, 0.1) is 11.3 Å². The van der Waals surface area contributed by atoms with Gasteiger partial charge >= 0.3 is 0 Å². The third-order valence-corrected chi connectivity index (χ3v) is 4.11. The van der Waals surface area contributed by atoms with Crippen molar-refractivity contribution in [3.63, 3.8) is 0 Å². The Labute approximate surface area is 151 Å². The molecular weight excluding hydrogens is 330 g/mol. The van der Waals surface area contributed by atoms with E-state index < -0.39 is 6.10 Å². The lowest BCUT2D eigenvalue weighted by molar-refractivity contribution is 0.186. The highest BCUT2D eigenvalue weighted by Gasteiger charge is 2.15. The Hall–Kier alpha value is -3.30. The SMILES string of the molecule is COc1ccc(OC)c(C(O)CNc2cc(C#N)nc3ccccc23)c1. The second kappa shape index (κ2) is 7.72. The molecule has 0 bridgehead atoms. The Balaban J connectivity index is 1.88. The summed E-state index contributed by atoms with van der Waals surface area (Å²) < 4.78 is 10.6. The number of benzene rings is 2. The summed E-state index contributed by atoms with van der Waals surface area (Å²) >= 11 is 0. The van der Waals surface area contributed by atoms with E-state index in [0.29, 0.717) is 22.8 Å². The Morgan fingerprint density at radius 3 is 2.69 bits per heavy atom. The first-order valence-electron chi connectivity index (χ1n) is 8.10. The maximum atomic E-state index is 10.6. The Morgan fingerprint density at radius 2 is 1.96 bits per heavy atom. The maximum Gasteiger partial charge on any atom is 0.143 e. The van der Waals surface area contributed by atoms with E-state index in [4.69, 9.17) is 9.47 Å². The van der Waals surface area contributed by atoms with Gasteiger partial charge in [0.05, 0.1) is 25.8 Å². The van der Waals surface area contributed by atoms with Crippen molar-refractivity contribution in [2.45, 2.75) is 6.10 Å². The van der Waals surface area contributed by atoms with E-state index in [1.165, 1.54) is 0 Å². The molecule has 0 aliphatic carbocycles. The van der Waals surface area contributed by atoms with Crippen LogP contribution in [0.3, 0.4) is 0 Å². The van der Waals surface area contributed by atoms with Crippen molar-refractivity contribution in [3.05, 3.63) is 59.8 Å². The summed E-state index contributed by atoms with van der Waals surface area (Å²) in [5.74, 6) is 1.22. The van der Waals surface area contributed by atoms with Gasteiger partial charge in [-0.2, -0.15) is 5.26 Å². The van der Waals surface area contributed by atoms with Gasteiger partial charge in [0, 0.05) is 23.2 Å². The van der Waals surface area contributed by atoms with E-state index >= 15 is 0 Å². The summed E-state index contributed by atoms with van der Waals surface area (Å²) in [7, 11) is 3.13. The largest absolute Gasteiger partial charge is 0.497 e. The van der Waals surface area contributed by atoms with Gasteiger partial charge in [0.1, 0.15) is 23.3 Å². The zero-order valence-corrected chi connectivity index (χ0v) is 14.6. The van der Waals surface area contributed by atoms with Crippen LogP contribution in [-0.2, 0) is 0 Å². The molecule has 1 heterocycles. The van der Waals surface area contributed by atoms with Crippen molar-refractivity contribution in [1.29, 1.82) is 5.26 Å². The fourth-order valence-electron chi connectivity index (χ4n) is 2.80. The standard InChI is InChI=1S/C20H19N3O3/c1-25-14-7-8-20(26-2)16(10-14)19(24)12-22-18-9-13(11-21)23-17-6-4-3-5-15(17)18/h3-10,19,24H,12H2,1-2H3,(H,22,23). The molecule has 0 radical (unpaired) electrons. The van der Waals surface area contributed by atoms with E-state index in [2.05, 4.69) is 16.4 Å². The monoisotopic (exact) mass is 349 g/mol. The number of fused-ring (bicyclic) bond motifs is 1. The number of nitrogens with zero attached hydrogens (tertiary/aromatic N) is 2. The number of rotatable bonds is 6. The molecule has 0 aliphatic heterocycles. The summed E-state index contributed by atoms with van der Waals surface area (Å²) in [6, 6.07) is 16.6. The van der Waals surface area contributed by atoms with E-state index in [1.54, 1.807) is 38.5 Å². The molecule has 1 unspecified atom stereocenters. The predicted molar refractivity (Wildman–Crippen MR) is 99.5 cm³/mol. The van der Waals surface area contributed by atoms with E-state index in [9.17, 15) is 10.4 Å². The number of anilines is 1. The first kappa shape index (κ1) is 17.5. The van der Waals surface area contributed by atoms with Crippen LogP contribution in [0.1, 0.15) is 17.4 Å². The van der Waals surface area contributed by atoms with Crippen molar-refractivity contribution in [1.82, 2.24) is 4.98 Å². The molecule has 2 N–H and O–H groups in total. The topological polar surface area (TPSA) is 87.4 Å². The van der Waals surface area contributed by atoms with E-state index in [-0.39, 0.29) is 6.54 Å². The summed E-state index contributed by atoms with van der Waals surface area (Å²) in [5, 5.41) is 23.9. The third kappa shape index (κ3) is 3.53. The summed E-state index contributed by atoms with van der Waals surface area (Å²) in [5.41, 5.74) is 2.41. The maximum absolute atomic E-state index is 10.6. The molecule has 0 aliphatic rings. The minimum absolute atomic E-state index is 0.238. The Kier molecular flexibility index (Phi) is 5.20. The van der Waals surface area contributed by atoms with Gasteiger partial charge in [-0.15, -0.1) is 0 Å². The van der Waals surface area contributed by atoms with Gasteiger partial charge in [-0.25, -0.2) is 4.98 Å². The van der Waals surface area contributed by atoms with Crippen LogP contribution in [0.15, 0.2) is 48.5 Å². The number of nitriles is 1. The van der Waals surface area contributed by atoms with Crippen molar-refractivity contribution in [2.75, 3.05) is 26.1 Å². The normalized spacial score (nSPS) is 11.6. The minimum atomic E-state index is -0.822. The third-order valence-electron chi connectivity index (χ3n) is 4.11. The number of nitrogens with one attached hydrogen (secondary N) is 1. The molecule has 0 fully saturated rings. The molecule has 2 aromatic carbocycles. The molecule has 0 saturated heterocycles. The van der Waals surface area contributed by atoms with E-state index in [0.717, 1.165) is 16.6 Å². The minimum Gasteiger partial charge on any atom is -0.497 e. The highest BCUT2D eigenvalue weighted by atomic mass is 16.5. The highest BCUT2D eigenvalue weighted by Crippen LogP contribution is 2.30. The van der Waals surface area contributed by atoms with Crippen LogP contribution in [0.5, 0.6) is 11.5 Å². The molecule has 132 valence electrons. The fraction of sp³-hybridized carbons (Fsp3) is 0.200. The average Bonchev–Trinajstić information content (AvgIpc) is 2.70. The number of pyridine rings is 1. The van der Waals surface area contributed by atoms with Crippen molar-refractivity contribution in [3.8, 4) is 17.6 Å². The molecule has 0 spiro atoms. The van der Waals surface area contributed by atoms with Gasteiger partial charge in [0.2, 0.25) is 0 Å². The number of aromatic nitrogens is 1. The number of aliphatic hydroxyl groups excluding tert-OH is 1. The predicted octanol–water partition coefficient (Wildman–Crippen LogP) is 3.27. The average molecular weight is 349 g/mol. The molecule has 3 rings (SSSR count). The van der Waals surface area contributed by atoms with Gasteiger partial charge < -0.3 is 19.9 Å². The van der Waals surface area contributed by atoms with Gasteiger partial charge in [0.15, 0.2) is 0 Å². The molecule has 1 aromatic heterocycles. The van der Waals surface area contributed by atoms with Gasteiger partial charge in [-0.1, -0.05) is 18.2 Å². The lowest BCUT2D eigenvalue weighted by atomic mass is 10.1. The quantitative estimate of drug-likeness (QED) is 0.710. The first-order chi connectivity index (χ1) is 12.7. The molecule has 6 heteroatoms. The summed E-state index contributed by atoms with van der Waals surface area (Å²) in [6.07, 6.45) is -0.822. The number of para-hydroxylation sites is 1. The highest BCUT2D eigenvalue weighted by molar-refractivity contribution is 5.91. The zero-order chi connectivity index (χ0) is 18.5.